The zero-order valence-electron chi connectivity index (χ0n) is 6.11. The maximum atomic E-state index is 4.91. The van der Waals surface area contributed by atoms with Crippen LogP contribution in [0.1, 0.15) is 13.8 Å². The second-order valence-electron chi connectivity index (χ2n) is 1.52. The molecule has 0 aromatic carbocycles. The minimum atomic E-state index is 0.852. The summed E-state index contributed by atoms with van der Waals surface area (Å²) in [6.07, 6.45) is 5.05. The molecule has 0 aliphatic rings. The quantitative estimate of drug-likeness (QED) is 0.557. The molecule has 0 fully saturated rings. The van der Waals surface area contributed by atoms with E-state index in [1.165, 1.54) is 0 Å². The molecule has 54 valence electrons. The highest BCUT2D eigenvalue weighted by Gasteiger charge is 1.89. The molecular formula is C7H10N2O. The van der Waals surface area contributed by atoms with Gasteiger partial charge in [-0.2, -0.15) is 4.57 Å². The monoisotopic (exact) mass is 138 g/mol. The van der Waals surface area contributed by atoms with Crippen LogP contribution in [0.25, 0.3) is 5.65 Å². The van der Waals surface area contributed by atoms with Gasteiger partial charge in [-0.15, -0.1) is 0 Å². The Labute approximate surface area is 59.3 Å². The summed E-state index contributed by atoms with van der Waals surface area (Å²) < 4.78 is 6.51. The molecule has 2 aromatic heterocycles. The number of hydrogen-bond donors (Lipinski definition) is 0. The van der Waals surface area contributed by atoms with Gasteiger partial charge in [0.15, 0.2) is 5.65 Å². The lowest BCUT2D eigenvalue weighted by Crippen LogP contribution is -1.67. The first kappa shape index (κ1) is 6.86. The van der Waals surface area contributed by atoms with Crippen molar-refractivity contribution in [3.05, 3.63) is 24.7 Å². The molecule has 3 nitrogen and oxygen atoms in total. The first-order valence-electron chi connectivity index (χ1n) is 3.34. The Bertz CT molecular complexity index is 233. The van der Waals surface area contributed by atoms with Crippen LogP contribution >= 0.6 is 0 Å². The van der Waals surface area contributed by atoms with Crippen molar-refractivity contribution in [2.24, 2.45) is 0 Å². The summed E-state index contributed by atoms with van der Waals surface area (Å²) in [7, 11) is 0. The molecule has 10 heavy (non-hydrogen) atoms. The van der Waals surface area contributed by atoms with Crippen LogP contribution in [0, 0.1) is 0 Å². The van der Waals surface area contributed by atoms with Gasteiger partial charge in [-0.25, -0.2) is 4.98 Å². The molecule has 0 saturated heterocycles. The van der Waals surface area contributed by atoms with Gasteiger partial charge in [-0.05, 0) is 0 Å². The molecule has 0 atom stereocenters. The number of aromatic nitrogens is 2. The summed E-state index contributed by atoms with van der Waals surface area (Å²) in [5, 5.41) is 0. The number of nitrogens with zero attached hydrogens (tertiary/aromatic N) is 2. The van der Waals surface area contributed by atoms with E-state index >= 15 is 0 Å². The summed E-state index contributed by atoms with van der Waals surface area (Å²) in [6.45, 7) is 4.00. The molecule has 0 bridgehead atoms. The first-order valence-corrected chi connectivity index (χ1v) is 3.34. The van der Waals surface area contributed by atoms with Crippen LogP contribution in [0.15, 0.2) is 29.2 Å². The van der Waals surface area contributed by atoms with Gasteiger partial charge in [0.05, 0.1) is 6.20 Å². The molecule has 2 rings (SSSR count). The van der Waals surface area contributed by atoms with Crippen molar-refractivity contribution in [1.29, 1.82) is 0 Å². The summed E-state index contributed by atoms with van der Waals surface area (Å²) in [5.74, 6) is 0. The largest absolute Gasteiger partial charge is 0.381 e. The fourth-order valence-electron chi connectivity index (χ4n) is 0.666. The van der Waals surface area contributed by atoms with Crippen LogP contribution in [-0.2, 0) is 0 Å². The number of imidazole rings is 1. The Morgan fingerprint density at radius 3 is 3.00 bits per heavy atom. The molecule has 0 radical (unpaired) electrons. The Morgan fingerprint density at radius 1 is 1.50 bits per heavy atom. The maximum Gasteiger partial charge on any atom is 0.171 e. The zero-order valence-corrected chi connectivity index (χ0v) is 6.11. The molecule has 2 heterocycles. The van der Waals surface area contributed by atoms with Gasteiger partial charge in [0.25, 0.3) is 0 Å². The van der Waals surface area contributed by atoms with Gasteiger partial charge >= 0.3 is 0 Å². The molecule has 0 amide bonds. The van der Waals surface area contributed by atoms with E-state index in [1.54, 1.807) is 29.3 Å². The molecular weight excluding hydrogens is 128 g/mol. The molecule has 0 spiro atoms. The van der Waals surface area contributed by atoms with Gasteiger partial charge in [0.2, 0.25) is 0 Å². The molecule has 0 saturated carbocycles. The predicted octanol–water partition coefficient (Wildman–Crippen LogP) is 1.95. The minimum Gasteiger partial charge on any atom is -0.381 e. The van der Waals surface area contributed by atoms with E-state index in [2.05, 4.69) is 4.98 Å². The summed E-state index contributed by atoms with van der Waals surface area (Å²) in [4.78, 5) is 3.95. The lowest BCUT2D eigenvalue weighted by molar-refractivity contribution is 0.377. The number of hydrogen-bond acceptors (Lipinski definition) is 2. The third kappa shape index (κ3) is 1.03. The van der Waals surface area contributed by atoms with Gasteiger partial charge < -0.3 is 4.52 Å². The second kappa shape index (κ2) is 3.06. The molecule has 0 N–H and O–H groups in total. The van der Waals surface area contributed by atoms with Crippen molar-refractivity contribution in [1.82, 2.24) is 9.56 Å². The van der Waals surface area contributed by atoms with Crippen LogP contribution in [0.5, 0.6) is 0 Å². The van der Waals surface area contributed by atoms with Crippen molar-refractivity contribution < 1.29 is 4.52 Å². The predicted molar refractivity (Wildman–Crippen MR) is 38.8 cm³/mol. The standard InChI is InChI=1S/C5H4N2O.C2H6/c1-4-8-7-3-2-6-5(1)7;1-2/h1-4H;1-2H3. The zero-order chi connectivity index (χ0) is 7.40. The average molecular weight is 138 g/mol. The van der Waals surface area contributed by atoms with E-state index in [4.69, 9.17) is 4.52 Å². The van der Waals surface area contributed by atoms with Crippen LogP contribution in [0.3, 0.4) is 0 Å². The summed E-state index contributed by atoms with van der Waals surface area (Å²) >= 11 is 0. The van der Waals surface area contributed by atoms with E-state index in [1.807, 2.05) is 13.8 Å². The SMILES string of the molecule is CC.c1cn2occc2n1. The Balaban J connectivity index is 0.000000231. The summed E-state index contributed by atoms with van der Waals surface area (Å²) in [6, 6.07) is 1.81. The minimum absolute atomic E-state index is 0.852. The van der Waals surface area contributed by atoms with Crippen molar-refractivity contribution in [2.45, 2.75) is 13.8 Å². The van der Waals surface area contributed by atoms with E-state index in [0.29, 0.717) is 0 Å². The number of rotatable bonds is 0. The van der Waals surface area contributed by atoms with Crippen LogP contribution in [-0.4, -0.2) is 9.56 Å². The van der Waals surface area contributed by atoms with E-state index < -0.39 is 0 Å². The second-order valence-corrected chi connectivity index (χ2v) is 1.52. The molecule has 0 unspecified atom stereocenters. The third-order valence-electron chi connectivity index (χ3n) is 1.03. The van der Waals surface area contributed by atoms with Crippen LogP contribution in [0.2, 0.25) is 0 Å². The van der Waals surface area contributed by atoms with Crippen LogP contribution < -0.4 is 0 Å². The Kier molecular flexibility index (Phi) is 2.10. The van der Waals surface area contributed by atoms with Gasteiger partial charge in [-0.3, -0.25) is 0 Å². The topological polar surface area (TPSA) is 30.4 Å². The highest BCUT2D eigenvalue weighted by Crippen LogP contribution is 1.97. The maximum absolute atomic E-state index is 4.91. The highest BCUT2D eigenvalue weighted by atomic mass is 16.5. The molecule has 2 aromatic rings. The lowest BCUT2D eigenvalue weighted by Gasteiger charge is -1.72. The van der Waals surface area contributed by atoms with E-state index in [0.717, 1.165) is 5.65 Å². The average Bonchev–Trinajstić information content (AvgIpc) is 2.49. The lowest BCUT2D eigenvalue weighted by atomic mass is 10.7. The van der Waals surface area contributed by atoms with Gasteiger partial charge in [0.1, 0.15) is 6.26 Å². The fraction of sp³-hybridized carbons (Fsp3) is 0.286. The van der Waals surface area contributed by atoms with Crippen molar-refractivity contribution >= 4 is 5.65 Å². The third-order valence-corrected chi connectivity index (χ3v) is 1.03. The fourth-order valence-corrected chi connectivity index (χ4v) is 0.666. The van der Waals surface area contributed by atoms with E-state index in [9.17, 15) is 0 Å². The molecule has 0 aliphatic heterocycles. The van der Waals surface area contributed by atoms with Crippen LogP contribution in [0.4, 0.5) is 0 Å². The Morgan fingerprint density at radius 2 is 2.30 bits per heavy atom. The highest BCUT2D eigenvalue weighted by molar-refractivity contribution is 5.33. The van der Waals surface area contributed by atoms with Crippen molar-refractivity contribution in [3.63, 3.8) is 0 Å². The molecule has 3 heteroatoms. The first-order chi connectivity index (χ1) is 4.97. The molecule has 0 aliphatic carbocycles. The van der Waals surface area contributed by atoms with E-state index in [-0.39, 0.29) is 0 Å². The Hall–Kier alpha value is -1.25. The smallest absolute Gasteiger partial charge is 0.171 e. The normalized spacial score (nSPS) is 9.00. The van der Waals surface area contributed by atoms with Crippen molar-refractivity contribution in [3.8, 4) is 0 Å². The number of fused-ring (bicyclic) bond motifs is 1. The van der Waals surface area contributed by atoms with Gasteiger partial charge in [-0.1, -0.05) is 13.8 Å². The van der Waals surface area contributed by atoms with Crippen molar-refractivity contribution in [2.75, 3.05) is 0 Å². The summed E-state index contributed by atoms with van der Waals surface area (Å²) in [5.41, 5.74) is 0.852. The van der Waals surface area contributed by atoms with Gasteiger partial charge in [0, 0.05) is 12.3 Å².